The van der Waals surface area contributed by atoms with Gasteiger partial charge in [-0.3, -0.25) is 4.79 Å². The molecule has 1 spiro atoms. The first-order chi connectivity index (χ1) is 15.1. The highest BCUT2D eigenvalue weighted by Crippen LogP contribution is 2.33. The number of para-hydroxylation sites is 1. The number of carbonyl (C=O) groups is 1. The highest BCUT2D eigenvalue weighted by Gasteiger charge is 2.40. The van der Waals surface area contributed by atoms with E-state index < -0.39 is 11.5 Å². The van der Waals surface area contributed by atoms with Crippen LogP contribution in [0.15, 0.2) is 37.9 Å². The molecule has 0 radical (unpaired) electrons. The SMILES string of the molecule is CCOc1cccc2cc(-c3nn(CC(=O)N4CCC5(CC4)OCCO5)c(=O)o3)oc12. The Balaban J connectivity index is 1.31. The van der Waals surface area contributed by atoms with E-state index in [1.165, 1.54) is 0 Å². The molecule has 2 saturated heterocycles. The number of aromatic nitrogens is 2. The van der Waals surface area contributed by atoms with Gasteiger partial charge in [0.25, 0.3) is 5.89 Å². The summed E-state index contributed by atoms with van der Waals surface area (Å²) in [6.45, 7) is 4.34. The van der Waals surface area contributed by atoms with Gasteiger partial charge in [0.1, 0.15) is 6.54 Å². The minimum absolute atomic E-state index is 0.0156. The molecule has 0 saturated carbocycles. The maximum atomic E-state index is 12.7. The number of amides is 1. The fourth-order valence-electron chi connectivity index (χ4n) is 4.03. The number of ether oxygens (including phenoxy) is 3. The molecule has 0 unspecified atom stereocenters. The number of benzene rings is 1. The van der Waals surface area contributed by atoms with Crippen molar-refractivity contribution in [3.8, 4) is 17.4 Å². The molecule has 0 atom stereocenters. The predicted octanol–water partition coefficient (Wildman–Crippen LogP) is 2.01. The van der Waals surface area contributed by atoms with E-state index in [9.17, 15) is 9.59 Å². The number of likely N-dealkylation sites (tertiary alicyclic amines) is 1. The summed E-state index contributed by atoms with van der Waals surface area (Å²) in [7, 11) is 0. The minimum Gasteiger partial charge on any atom is -0.490 e. The van der Waals surface area contributed by atoms with Crippen LogP contribution in [0.1, 0.15) is 19.8 Å². The molecule has 0 N–H and O–H groups in total. The van der Waals surface area contributed by atoms with Gasteiger partial charge in [-0.25, -0.2) is 4.79 Å². The standard InChI is InChI=1S/C21H23N3O7/c1-2-27-15-5-3-4-14-12-16(30-18(14)15)19-22-24(20(26)31-19)13-17(25)23-8-6-21(7-9-23)28-10-11-29-21/h3-5,12H,2,6-11,13H2,1H3. The van der Waals surface area contributed by atoms with E-state index in [2.05, 4.69) is 5.10 Å². The third-order valence-corrected chi connectivity index (χ3v) is 5.60. The minimum atomic E-state index is -0.718. The number of rotatable bonds is 5. The van der Waals surface area contributed by atoms with Crippen LogP contribution in [-0.2, 0) is 20.8 Å². The molecule has 2 aromatic heterocycles. The van der Waals surface area contributed by atoms with Crippen molar-refractivity contribution < 1.29 is 27.8 Å². The van der Waals surface area contributed by atoms with Gasteiger partial charge in [-0.1, -0.05) is 12.1 Å². The van der Waals surface area contributed by atoms with Crippen molar-refractivity contribution in [2.75, 3.05) is 32.9 Å². The summed E-state index contributed by atoms with van der Waals surface area (Å²) >= 11 is 0. The van der Waals surface area contributed by atoms with Crippen LogP contribution in [0.3, 0.4) is 0 Å². The first kappa shape index (κ1) is 19.8. The van der Waals surface area contributed by atoms with Crippen molar-refractivity contribution in [2.24, 2.45) is 0 Å². The maximum absolute atomic E-state index is 12.7. The second-order valence-electron chi connectivity index (χ2n) is 7.54. The average molecular weight is 429 g/mol. The summed E-state index contributed by atoms with van der Waals surface area (Å²) in [5, 5.41) is 4.96. The second-order valence-corrected chi connectivity index (χ2v) is 7.54. The molecule has 3 aromatic rings. The number of hydrogen-bond acceptors (Lipinski definition) is 8. The van der Waals surface area contributed by atoms with E-state index >= 15 is 0 Å². The summed E-state index contributed by atoms with van der Waals surface area (Å²) in [5.41, 5.74) is 0.547. The molecule has 5 rings (SSSR count). The number of furan rings is 1. The van der Waals surface area contributed by atoms with Crippen LogP contribution in [-0.4, -0.2) is 59.3 Å². The maximum Gasteiger partial charge on any atom is 0.437 e. The molecule has 0 bridgehead atoms. The lowest BCUT2D eigenvalue weighted by Crippen LogP contribution is -2.48. The summed E-state index contributed by atoms with van der Waals surface area (Å²) in [6.07, 6.45) is 1.22. The fraction of sp³-hybridized carbons (Fsp3) is 0.476. The number of carbonyl (C=O) groups excluding carboxylic acids is 1. The lowest BCUT2D eigenvalue weighted by molar-refractivity contribution is -0.187. The van der Waals surface area contributed by atoms with Crippen molar-refractivity contribution >= 4 is 16.9 Å². The number of hydrogen-bond donors (Lipinski definition) is 0. The summed E-state index contributed by atoms with van der Waals surface area (Å²) in [4.78, 5) is 26.7. The molecule has 1 amide bonds. The average Bonchev–Trinajstić information content (AvgIpc) is 3.49. The highest BCUT2D eigenvalue weighted by molar-refractivity contribution is 5.86. The molecule has 1 aromatic carbocycles. The Morgan fingerprint density at radius 1 is 1.19 bits per heavy atom. The van der Waals surface area contributed by atoms with E-state index in [-0.39, 0.29) is 18.3 Å². The molecule has 2 aliphatic heterocycles. The zero-order chi connectivity index (χ0) is 21.4. The molecule has 4 heterocycles. The quantitative estimate of drug-likeness (QED) is 0.606. The van der Waals surface area contributed by atoms with E-state index in [0.29, 0.717) is 62.8 Å². The normalized spacial score (nSPS) is 18.2. The monoisotopic (exact) mass is 429 g/mol. The molecule has 164 valence electrons. The zero-order valence-corrected chi connectivity index (χ0v) is 17.2. The first-order valence-electron chi connectivity index (χ1n) is 10.4. The van der Waals surface area contributed by atoms with Crippen molar-refractivity contribution in [3.63, 3.8) is 0 Å². The summed E-state index contributed by atoms with van der Waals surface area (Å²) in [6, 6.07) is 7.24. The van der Waals surface area contributed by atoms with Gasteiger partial charge in [-0.05, 0) is 19.1 Å². The van der Waals surface area contributed by atoms with Crippen molar-refractivity contribution in [1.82, 2.24) is 14.7 Å². The van der Waals surface area contributed by atoms with Gasteiger partial charge in [-0.2, -0.15) is 4.68 Å². The molecular weight excluding hydrogens is 406 g/mol. The van der Waals surface area contributed by atoms with Crippen molar-refractivity contribution in [2.45, 2.75) is 32.1 Å². The van der Waals surface area contributed by atoms with Crippen LogP contribution in [0.5, 0.6) is 5.75 Å². The fourth-order valence-corrected chi connectivity index (χ4v) is 4.03. The van der Waals surface area contributed by atoms with Crippen LogP contribution in [0.4, 0.5) is 0 Å². The molecular formula is C21H23N3O7. The number of piperidine rings is 1. The van der Waals surface area contributed by atoms with Gasteiger partial charge < -0.3 is 27.9 Å². The Kier molecular flexibility index (Phi) is 5.03. The smallest absolute Gasteiger partial charge is 0.437 e. The van der Waals surface area contributed by atoms with Crippen molar-refractivity contribution in [1.29, 1.82) is 0 Å². The van der Waals surface area contributed by atoms with E-state index in [1.54, 1.807) is 17.0 Å². The lowest BCUT2D eigenvalue weighted by Gasteiger charge is -2.37. The van der Waals surface area contributed by atoms with Crippen molar-refractivity contribution in [3.05, 3.63) is 34.8 Å². The Morgan fingerprint density at radius 2 is 1.97 bits per heavy atom. The molecule has 2 aliphatic rings. The van der Waals surface area contributed by atoms with Crippen LogP contribution in [0.25, 0.3) is 22.6 Å². The van der Waals surface area contributed by atoms with Gasteiger partial charge in [0, 0.05) is 31.3 Å². The van der Waals surface area contributed by atoms with E-state index in [4.69, 9.17) is 23.0 Å². The molecule has 31 heavy (non-hydrogen) atoms. The first-order valence-corrected chi connectivity index (χ1v) is 10.4. The topological polar surface area (TPSA) is 109 Å². The van der Waals surface area contributed by atoms with Gasteiger partial charge in [0.15, 0.2) is 22.9 Å². The Bertz CT molecular complexity index is 1150. The van der Waals surface area contributed by atoms with Crippen LogP contribution >= 0.6 is 0 Å². The second kappa shape index (κ2) is 7.86. The Labute approximate surface area is 177 Å². The highest BCUT2D eigenvalue weighted by atomic mass is 16.7. The van der Waals surface area contributed by atoms with Gasteiger partial charge in [0.05, 0.1) is 19.8 Å². The molecule has 0 aliphatic carbocycles. The van der Waals surface area contributed by atoms with E-state index in [1.807, 2.05) is 19.1 Å². The van der Waals surface area contributed by atoms with Gasteiger partial charge in [0.2, 0.25) is 5.91 Å². The van der Waals surface area contributed by atoms with Gasteiger partial charge >= 0.3 is 5.76 Å². The van der Waals surface area contributed by atoms with Crippen LogP contribution in [0.2, 0.25) is 0 Å². The molecule has 10 heteroatoms. The van der Waals surface area contributed by atoms with Crippen LogP contribution in [0, 0.1) is 0 Å². The molecule has 2 fully saturated rings. The lowest BCUT2D eigenvalue weighted by atomic mass is 10.0. The Hall–Kier alpha value is -3.11. The summed E-state index contributed by atoms with van der Waals surface area (Å²) < 4.78 is 29.0. The van der Waals surface area contributed by atoms with Gasteiger partial charge in [-0.15, -0.1) is 5.10 Å². The van der Waals surface area contributed by atoms with Crippen LogP contribution < -0.4 is 10.5 Å². The molecule has 10 nitrogen and oxygen atoms in total. The number of nitrogens with zero attached hydrogens (tertiary/aromatic N) is 3. The zero-order valence-electron chi connectivity index (χ0n) is 17.2. The third kappa shape index (κ3) is 3.72. The Morgan fingerprint density at radius 3 is 2.71 bits per heavy atom. The number of fused-ring (bicyclic) bond motifs is 1. The predicted molar refractivity (Wildman–Crippen MR) is 108 cm³/mol. The third-order valence-electron chi connectivity index (χ3n) is 5.60. The van der Waals surface area contributed by atoms with E-state index in [0.717, 1.165) is 10.1 Å². The largest absolute Gasteiger partial charge is 0.490 e. The summed E-state index contributed by atoms with van der Waals surface area (Å²) in [5.74, 6) is -0.581.